The molecule has 6 heteroatoms. The van der Waals surface area contributed by atoms with E-state index in [2.05, 4.69) is 24.0 Å². The number of hydrogen-bond donors (Lipinski definition) is 1. The lowest BCUT2D eigenvalue weighted by Crippen LogP contribution is -2.49. The average molecular weight is 288 g/mol. The molecule has 0 bridgehead atoms. The van der Waals surface area contributed by atoms with Gasteiger partial charge in [-0.25, -0.2) is 8.42 Å². The number of thiophene rings is 1. The minimum absolute atomic E-state index is 0.0414. The standard InChI is InChI=1S/C12H20N2O2S2/c1-9-8-18(15,16)6-5-14(9)11(7-13)12-4-3-10(2)17-12/h3-4,9,11H,5-8,13H2,1-2H3. The van der Waals surface area contributed by atoms with Crippen LogP contribution in [0.2, 0.25) is 0 Å². The second kappa shape index (κ2) is 5.28. The first-order valence-corrected chi connectivity index (χ1v) is 8.79. The summed E-state index contributed by atoms with van der Waals surface area (Å²) in [4.78, 5) is 4.73. The molecule has 1 aromatic rings. The lowest BCUT2D eigenvalue weighted by atomic mass is 10.1. The molecule has 0 aliphatic carbocycles. The highest BCUT2D eigenvalue weighted by Crippen LogP contribution is 2.30. The highest BCUT2D eigenvalue weighted by molar-refractivity contribution is 7.91. The molecular formula is C12H20N2O2S2. The van der Waals surface area contributed by atoms with E-state index in [4.69, 9.17) is 5.73 Å². The Morgan fingerprint density at radius 2 is 2.28 bits per heavy atom. The summed E-state index contributed by atoms with van der Waals surface area (Å²) in [6.07, 6.45) is 0. The number of hydrogen-bond acceptors (Lipinski definition) is 5. The molecule has 1 fully saturated rings. The molecule has 0 spiro atoms. The van der Waals surface area contributed by atoms with Crippen LogP contribution in [0.25, 0.3) is 0 Å². The van der Waals surface area contributed by atoms with Gasteiger partial charge in [0.1, 0.15) is 0 Å². The minimum Gasteiger partial charge on any atom is -0.329 e. The van der Waals surface area contributed by atoms with Gasteiger partial charge in [-0.1, -0.05) is 0 Å². The Balaban J connectivity index is 2.19. The van der Waals surface area contributed by atoms with Gasteiger partial charge in [-0.3, -0.25) is 4.90 Å². The number of nitrogens with zero attached hydrogens (tertiary/aromatic N) is 1. The van der Waals surface area contributed by atoms with Gasteiger partial charge in [-0.2, -0.15) is 0 Å². The Morgan fingerprint density at radius 3 is 2.78 bits per heavy atom. The van der Waals surface area contributed by atoms with E-state index in [0.717, 1.165) is 0 Å². The summed E-state index contributed by atoms with van der Waals surface area (Å²) in [6, 6.07) is 4.38. The fraction of sp³-hybridized carbons (Fsp3) is 0.667. The van der Waals surface area contributed by atoms with Crippen molar-refractivity contribution in [3.8, 4) is 0 Å². The van der Waals surface area contributed by atoms with Crippen LogP contribution in [0.1, 0.15) is 22.7 Å². The van der Waals surface area contributed by atoms with Crippen molar-refractivity contribution in [3.63, 3.8) is 0 Å². The van der Waals surface area contributed by atoms with E-state index in [0.29, 0.717) is 13.1 Å². The first-order valence-electron chi connectivity index (χ1n) is 6.15. The topological polar surface area (TPSA) is 63.4 Å². The third-order valence-corrected chi connectivity index (χ3v) is 6.33. The van der Waals surface area contributed by atoms with Crippen LogP contribution < -0.4 is 5.73 Å². The highest BCUT2D eigenvalue weighted by Gasteiger charge is 2.33. The zero-order valence-electron chi connectivity index (χ0n) is 10.8. The molecule has 18 heavy (non-hydrogen) atoms. The summed E-state index contributed by atoms with van der Waals surface area (Å²) in [5.74, 6) is 0.492. The van der Waals surface area contributed by atoms with Crippen molar-refractivity contribution < 1.29 is 8.42 Å². The van der Waals surface area contributed by atoms with Gasteiger partial charge in [0.25, 0.3) is 0 Å². The maximum absolute atomic E-state index is 11.6. The predicted octanol–water partition coefficient (Wildman–Crippen LogP) is 1.18. The van der Waals surface area contributed by atoms with E-state index >= 15 is 0 Å². The van der Waals surface area contributed by atoms with E-state index in [-0.39, 0.29) is 23.6 Å². The maximum atomic E-state index is 11.6. The molecule has 2 N–H and O–H groups in total. The Hall–Kier alpha value is -0.430. The van der Waals surface area contributed by atoms with Gasteiger partial charge in [0.05, 0.1) is 17.5 Å². The van der Waals surface area contributed by atoms with Crippen molar-refractivity contribution in [3.05, 3.63) is 21.9 Å². The molecule has 4 nitrogen and oxygen atoms in total. The van der Waals surface area contributed by atoms with Gasteiger partial charge >= 0.3 is 0 Å². The second-order valence-corrected chi connectivity index (χ2v) is 8.45. The van der Waals surface area contributed by atoms with Crippen LogP contribution in [-0.2, 0) is 9.84 Å². The Kier molecular flexibility index (Phi) is 4.11. The van der Waals surface area contributed by atoms with Crippen molar-refractivity contribution in [2.45, 2.75) is 25.9 Å². The molecule has 102 valence electrons. The third kappa shape index (κ3) is 2.93. The highest BCUT2D eigenvalue weighted by atomic mass is 32.2. The summed E-state index contributed by atoms with van der Waals surface area (Å²) < 4.78 is 23.2. The van der Waals surface area contributed by atoms with Crippen LogP contribution >= 0.6 is 11.3 Å². The van der Waals surface area contributed by atoms with Crippen molar-refractivity contribution in [1.29, 1.82) is 0 Å². The summed E-state index contributed by atoms with van der Waals surface area (Å²) in [6.45, 7) is 5.17. The summed E-state index contributed by atoms with van der Waals surface area (Å²) >= 11 is 1.74. The van der Waals surface area contributed by atoms with Crippen LogP contribution in [0.4, 0.5) is 0 Å². The fourth-order valence-electron chi connectivity index (χ4n) is 2.52. The van der Waals surface area contributed by atoms with Gasteiger partial charge in [0.15, 0.2) is 9.84 Å². The molecule has 2 unspecified atom stereocenters. The molecule has 0 radical (unpaired) electrons. The number of sulfone groups is 1. The first-order chi connectivity index (χ1) is 8.43. The van der Waals surface area contributed by atoms with Gasteiger partial charge in [-0.05, 0) is 26.0 Å². The van der Waals surface area contributed by atoms with E-state index in [1.165, 1.54) is 9.75 Å². The van der Waals surface area contributed by atoms with Crippen LogP contribution in [0, 0.1) is 6.92 Å². The molecule has 1 saturated heterocycles. The maximum Gasteiger partial charge on any atom is 0.153 e. The zero-order chi connectivity index (χ0) is 13.3. The van der Waals surface area contributed by atoms with Gasteiger partial charge < -0.3 is 5.73 Å². The lowest BCUT2D eigenvalue weighted by Gasteiger charge is -2.38. The fourth-order valence-corrected chi connectivity index (χ4v) is 5.12. The Labute approximate surface area is 113 Å². The van der Waals surface area contributed by atoms with Crippen LogP contribution in [-0.4, -0.2) is 44.0 Å². The van der Waals surface area contributed by atoms with Gasteiger partial charge in [0.2, 0.25) is 0 Å². The number of aryl methyl sites for hydroxylation is 1. The van der Waals surface area contributed by atoms with Crippen molar-refractivity contribution in [1.82, 2.24) is 4.90 Å². The van der Waals surface area contributed by atoms with E-state index in [1.54, 1.807) is 11.3 Å². The SMILES string of the molecule is Cc1ccc(C(CN)N2CCS(=O)(=O)CC2C)s1. The number of nitrogens with two attached hydrogens (primary N) is 1. The molecule has 2 atom stereocenters. The molecule has 2 rings (SSSR count). The van der Waals surface area contributed by atoms with Crippen LogP contribution in [0.5, 0.6) is 0 Å². The summed E-state index contributed by atoms with van der Waals surface area (Å²) in [5, 5.41) is 0. The van der Waals surface area contributed by atoms with Gasteiger partial charge in [-0.15, -0.1) is 11.3 Å². The first kappa shape index (κ1) is 14.0. The molecule has 0 amide bonds. The molecule has 2 heterocycles. The monoisotopic (exact) mass is 288 g/mol. The zero-order valence-corrected chi connectivity index (χ0v) is 12.4. The smallest absolute Gasteiger partial charge is 0.153 e. The Morgan fingerprint density at radius 1 is 1.56 bits per heavy atom. The van der Waals surface area contributed by atoms with E-state index in [1.807, 2.05) is 6.92 Å². The van der Waals surface area contributed by atoms with Crippen LogP contribution in [0.15, 0.2) is 12.1 Å². The third-order valence-electron chi connectivity index (χ3n) is 3.43. The number of rotatable bonds is 3. The predicted molar refractivity (Wildman–Crippen MR) is 75.7 cm³/mol. The summed E-state index contributed by atoms with van der Waals surface area (Å²) in [7, 11) is -2.86. The summed E-state index contributed by atoms with van der Waals surface area (Å²) in [5.41, 5.74) is 5.89. The quantitative estimate of drug-likeness (QED) is 0.907. The van der Waals surface area contributed by atoms with Crippen molar-refractivity contribution in [2.75, 3.05) is 24.6 Å². The molecular weight excluding hydrogens is 268 g/mol. The molecule has 1 aliphatic rings. The molecule has 1 aromatic heterocycles. The van der Waals surface area contributed by atoms with E-state index < -0.39 is 9.84 Å². The average Bonchev–Trinajstić information content (AvgIpc) is 2.68. The molecule has 0 aromatic carbocycles. The van der Waals surface area contributed by atoms with Gasteiger partial charge in [0, 0.05) is 28.9 Å². The second-order valence-electron chi connectivity index (χ2n) is 4.90. The van der Waals surface area contributed by atoms with E-state index in [9.17, 15) is 8.42 Å². The Bertz CT molecular complexity index is 510. The van der Waals surface area contributed by atoms with Crippen LogP contribution in [0.3, 0.4) is 0 Å². The lowest BCUT2D eigenvalue weighted by molar-refractivity contribution is 0.164. The van der Waals surface area contributed by atoms with Crippen molar-refractivity contribution in [2.24, 2.45) is 5.73 Å². The largest absolute Gasteiger partial charge is 0.329 e. The molecule has 0 saturated carbocycles. The van der Waals surface area contributed by atoms with Crippen molar-refractivity contribution >= 4 is 21.2 Å². The molecule has 1 aliphatic heterocycles. The minimum atomic E-state index is -2.86. The normalized spacial score (nSPS) is 26.1.